The lowest BCUT2D eigenvalue weighted by atomic mass is 10.1. The van der Waals surface area contributed by atoms with E-state index in [1.807, 2.05) is 31.2 Å². The number of halogens is 1. The van der Waals surface area contributed by atoms with Gasteiger partial charge in [-0.25, -0.2) is 4.98 Å². The van der Waals surface area contributed by atoms with Crippen molar-refractivity contribution in [1.82, 2.24) is 10.3 Å². The Balaban J connectivity index is 1.67. The molecule has 146 valence electrons. The summed E-state index contributed by atoms with van der Waals surface area (Å²) in [5.41, 5.74) is 2.40. The summed E-state index contributed by atoms with van der Waals surface area (Å²) >= 11 is 7.58. The van der Waals surface area contributed by atoms with Gasteiger partial charge in [-0.15, -0.1) is 11.3 Å². The van der Waals surface area contributed by atoms with Gasteiger partial charge in [0.25, 0.3) is 5.91 Å². The van der Waals surface area contributed by atoms with Crippen LogP contribution >= 0.6 is 22.9 Å². The summed E-state index contributed by atoms with van der Waals surface area (Å²) in [5, 5.41) is 4.59. The van der Waals surface area contributed by atoms with E-state index in [2.05, 4.69) is 10.3 Å². The van der Waals surface area contributed by atoms with Crippen LogP contribution in [0.3, 0.4) is 0 Å². The first-order valence-electron chi connectivity index (χ1n) is 8.75. The van der Waals surface area contributed by atoms with Gasteiger partial charge in [0, 0.05) is 28.4 Å². The van der Waals surface area contributed by atoms with E-state index in [1.165, 1.54) is 14.2 Å². The monoisotopic (exact) mass is 416 g/mol. The van der Waals surface area contributed by atoms with E-state index in [4.69, 9.17) is 21.1 Å². The molecular weight excluding hydrogens is 396 g/mol. The Morgan fingerprint density at radius 2 is 1.75 bits per heavy atom. The molecule has 0 radical (unpaired) electrons. The molecular formula is C21H21ClN2O3S. The van der Waals surface area contributed by atoms with Crippen molar-refractivity contribution in [2.24, 2.45) is 0 Å². The van der Waals surface area contributed by atoms with Crippen LogP contribution in [0.15, 0.2) is 42.5 Å². The summed E-state index contributed by atoms with van der Waals surface area (Å²) in [4.78, 5) is 18.4. The Kier molecular flexibility index (Phi) is 6.54. The second-order valence-corrected chi connectivity index (χ2v) is 7.60. The molecule has 7 heteroatoms. The molecule has 1 aromatic heterocycles. The fourth-order valence-corrected chi connectivity index (χ4v) is 4.02. The minimum atomic E-state index is -0.227. The molecule has 0 bridgehead atoms. The number of carbonyl (C=O) groups excluding carboxylic acids is 1. The highest BCUT2D eigenvalue weighted by atomic mass is 35.5. The number of nitrogens with zero attached hydrogens (tertiary/aromatic N) is 1. The van der Waals surface area contributed by atoms with E-state index in [-0.39, 0.29) is 5.91 Å². The first kappa shape index (κ1) is 20.2. The fraction of sp³-hybridized carbons (Fsp3) is 0.238. The average molecular weight is 417 g/mol. The summed E-state index contributed by atoms with van der Waals surface area (Å²) in [6, 6.07) is 12.9. The van der Waals surface area contributed by atoms with Gasteiger partial charge in [-0.2, -0.15) is 0 Å². The molecule has 3 rings (SSSR count). The number of thiazole rings is 1. The molecule has 28 heavy (non-hydrogen) atoms. The molecule has 5 nitrogen and oxygen atoms in total. The van der Waals surface area contributed by atoms with Crippen molar-refractivity contribution in [1.29, 1.82) is 0 Å². The number of aromatic nitrogens is 1. The second-order valence-electron chi connectivity index (χ2n) is 6.08. The predicted octanol–water partition coefficient (Wildman–Crippen LogP) is 4.76. The lowest BCUT2D eigenvalue weighted by Crippen LogP contribution is -2.26. The number of carbonyl (C=O) groups is 1. The van der Waals surface area contributed by atoms with E-state index in [0.717, 1.165) is 21.1 Å². The van der Waals surface area contributed by atoms with Crippen molar-refractivity contribution >= 4 is 28.8 Å². The average Bonchev–Trinajstić information content (AvgIpc) is 3.08. The van der Waals surface area contributed by atoms with Crippen LogP contribution in [0.1, 0.15) is 20.9 Å². The standard InChI is InChI=1S/C21H21ClN2O3S/c1-13-18(28-21(24-13)14-7-9-15(22)10-8-14)11-12-23-20(25)19-16(26-2)5-4-6-17(19)27-3/h4-10H,11-12H2,1-3H3,(H,23,25). The molecule has 0 unspecified atom stereocenters. The zero-order valence-corrected chi connectivity index (χ0v) is 17.5. The molecule has 1 N–H and O–H groups in total. The highest BCUT2D eigenvalue weighted by Crippen LogP contribution is 2.30. The maximum atomic E-state index is 12.6. The number of methoxy groups -OCH3 is 2. The molecule has 0 aliphatic rings. The van der Waals surface area contributed by atoms with Crippen LogP contribution in [0.5, 0.6) is 11.5 Å². The highest BCUT2D eigenvalue weighted by Gasteiger charge is 2.18. The molecule has 0 aliphatic heterocycles. The van der Waals surface area contributed by atoms with Crippen LogP contribution in [-0.4, -0.2) is 31.7 Å². The van der Waals surface area contributed by atoms with Gasteiger partial charge >= 0.3 is 0 Å². The zero-order valence-electron chi connectivity index (χ0n) is 15.9. The van der Waals surface area contributed by atoms with Gasteiger partial charge in [0.2, 0.25) is 0 Å². The molecule has 1 heterocycles. The number of amides is 1. The number of nitrogens with one attached hydrogen (secondary N) is 1. The molecule has 0 atom stereocenters. The summed E-state index contributed by atoms with van der Waals surface area (Å²) in [7, 11) is 3.06. The third kappa shape index (κ3) is 4.46. The fourth-order valence-electron chi connectivity index (χ4n) is 2.83. The van der Waals surface area contributed by atoms with E-state index in [1.54, 1.807) is 29.5 Å². The lowest BCUT2D eigenvalue weighted by Gasteiger charge is -2.12. The number of benzene rings is 2. The SMILES string of the molecule is COc1cccc(OC)c1C(=O)NCCc1sc(-c2ccc(Cl)cc2)nc1C. The first-order valence-corrected chi connectivity index (χ1v) is 9.94. The molecule has 0 spiro atoms. The summed E-state index contributed by atoms with van der Waals surface area (Å²) in [6.45, 7) is 2.47. The van der Waals surface area contributed by atoms with Crippen molar-refractivity contribution in [2.75, 3.05) is 20.8 Å². The minimum Gasteiger partial charge on any atom is -0.496 e. The maximum absolute atomic E-state index is 12.6. The zero-order chi connectivity index (χ0) is 20.1. The maximum Gasteiger partial charge on any atom is 0.258 e. The van der Waals surface area contributed by atoms with Gasteiger partial charge in [0.05, 0.1) is 19.9 Å². The van der Waals surface area contributed by atoms with Crippen LogP contribution in [0.4, 0.5) is 0 Å². The quantitative estimate of drug-likeness (QED) is 0.603. The van der Waals surface area contributed by atoms with Gasteiger partial charge in [0.1, 0.15) is 22.1 Å². The number of ether oxygens (including phenoxy) is 2. The topological polar surface area (TPSA) is 60.5 Å². The van der Waals surface area contributed by atoms with E-state index in [0.29, 0.717) is 35.1 Å². The molecule has 0 fully saturated rings. The number of rotatable bonds is 7. The van der Waals surface area contributed by atoms with Crippen LogP contribution in [0, 0.1) is 6.92 Å². The van der Waals surface area contributed by atoms with Crippen molar-refractivity contribution in [3.05, 3.63) is 63.6 Å². The predicted molar refractivity (Wildman–Crippen MR) is 113 cm³/mol. The number of hydrogen-bond donors (Lipinski definition) is 1. The summed E-state index contributed by atoms with van der Waals surface area (Å²) in [6.07, 6.45) is 0.695. The normalized spacial score (nSPS) is 10.6. The van der Waals surface area contributed by atoms with Gasteiger partial charge < -0.3 is 14.8 Å². The molecule has 2 aromatic carbocycles. The largest absolute Gasteiger partial charge is 0.496 e. The summed E-state index contributed by atoms with van der Waals surface area (Å²) in [5.74, 6) is 0.737. The van der Waals surface area contributed by atoms with Gasteiger partial charge in [-0.1, -0.05) is 29.8 Å². The number of hydrogen-bond acceptors (Lipinski definition) is 5. The molecule has 0 saturated carbocycles. The third-order valence-electron chi connectivity index (χ3n) is 4.28. The van der Waals surface area contributed by atoms with Gasteiger partial charge in [-0.05, 0) is 31.2 Å². The van der Waals surface area contributed by atoms with E-state index in [9.17, 15) is 4.79 Å². The van der Waals surface area contributed by atoms with E-state index >= 15 is 0 Å². The highest BCUT2D eigenvalue weighted by molar-refractivity contribution is 7.15. The Hall–Kier alpha value is -2.57. The van der Waals surface area contributed by atoms with Crippen molar-refractivity contribution in [3.8, 4) is 22.1 Å². The molecule has 3 aromatic rings. The van der Waals surface area contributed by atoms with Crippen molar-refractivity contribution in [2.45, 2.75) is 13.3 Å². The Bertz CT molecular complexity index is 948. The van der Waals surface area contributed by atoms with Crippen LogP contribution < -0.4 is 14.8 Å². The van der Waals surface area contributed by atoms with Crippen molar-refractivity contribution < 1.29 is 14.3 Å². The summed E-state index contributed by atoms with van der Waals surface area (Å²) < 4.78 is 10.6. The van der Waals surface area contributed by atoms with Crippen LogP contribution in [0.2, 0.25) is 5.02 Å². The lowest BCUT2D eigenvalue weighted by molar-refractivity contribution is 0.0948. The Morgan fingerprint density at radius 1 is 1.11 bits per heavy atom. The van der Waals surface area contributed by atoms with E-state index < -0.39 is 0 Å². The molecule has 0 saturated heterocycles. The molecule has 1 amide bonds. The van der Waals surface area contributed by atoms with Crippen LogP contribution in [-0.2, 0) is 6.42 Å². The molecule has 0 aliphatic carbocycles. The number of aryl methyl sites for hydroxylation is 1. The smallest absolute Gasteiger partial charge is 0.258 e. The van der Waals surface area contributed by atoms with Gasteiger partial charge in [-0.3, -0.25) is 4.79 Å². The second kappa shape index (κ2) is 9.08. The van der Waals surface area contributed by atoms with Gasteiger partial charge in [0.15, 0.2) is 0 Å². The third-order valence-corrected chi connectivity index (χ3v) is 5.79. The van der Waals surface area contributed by atoms with Crippen LogP contribution in [0.25, 0.3) is 10.6 Å². The first-order chi connectivity index (χ1) is 13.5. The Labute approximate surface area is 173 Å². The Morgan fingerprint density at radius 3 is 2.36 bits per heavy atom. The van der Waals surface area contributed by atoms with Crippen molar-refractivity contribution in [3.63, 3.8) is 0 Å². The minimum absolute atomic E-state index is 0.227.